The monoisotopic (exact) mass is 227 g/mol. The molecule has 0 saturated heterocycles. The zero-order valence-corrected chi connectivity index (χ0v) is 11.3. The lowest BCUT2D eigenvalue weighted by molar-refractivity contribution is 0.156. The molecule has 0 aliphatic heterocycles. The maximum atomic E-state index is 5.25. The molecule has 0 radical (unpaired) electrons. The first kappa shape index (κ1) is 14.0. The van der Waals surface area contributed by atoms with E-state index in [9.17, 15) is 0 Å². The molecule has 0 aromatic carbocycles. The van der Waals surface area contributed by atoms with Crippen LogP contribution < -0.4 is 5.32 Å². The first-order valence-corrected chi connectivity index (χ1v) is 6.98. The van der Waals surface area contributed by atoms with Crippen molar-refractivity contribution in [3.05, 3.63) is 0 Å². The molecular weight excluding hydrogens is 198 g/mol. The van der Waals surface area contributed by atoms with Gasteiger partial charge in [0, 0.05) is 13.2 Å². The van der Waals surface area contributed by atoms with E-state index in [2.05, 4.69) is 19.2 Å². The Bertz CT molecular complexity index is 158. The van der Waals surface area contributed by atoms with Gasteiger partial charge in [-0.3, -0.25) is 0 Å². The molecule has 0 spiro atoms. The summed E-state index contributed by atoms with van der Waals surface area (Å²) in [6.07, 6.45) is 8.16. The van der Waals surface area contributed by atoms with Gasteiger partial charge in [-0.25, -0.2) is 0 Å². The van der Waals surface area contributed by atoms with Crippen LogP contribution in [-0.4, -0.2) is 26.3 Å². The van der Waals surface area contributed by atoms with Crippen LogP contribution in [0.5, 0.6) is 0 Å². The molecule has 1 rings (SSSR count). The lowest BCUT2D eigenvalue weighted by atomic mass is 9.83. The fraction of sp³-hybridized carbons (Fsp3) is 1.00. The highest BCUT2D eigenvalue weighted by atomic mass is 16.5. The summed E-state index contributed by atoms with van der Waals surface area (Å²) in [5.74, 6) is 1.87. The number of nitrogens with one attached hydrogen (secondary N) is 1. The third-order valence-electron chi connectivity index (χ3n) is 3.84. The van der Waals surface area contributed by atoms with Crippen LogP contribution in [0.4, 0.5) is 0 Å². The maximum Gasteiger partial charge on any atom is 0.0615 e. The molecule has 1 atom stereocenters. The Morgan fingerprint density at radius 1 is 1.25 bits per heavy atom. The van der Waals surface area contributed by atoms with Crippen LogP contribution in [0.15, 0.2) is 0 Å². The SMILES string of the molecule is CCCC(COC)NCC1CCC(C)CC1. The third-order valence-corrected chi connectivity index (χ3v) is 3.84. The van der Waals surface area contributed by atoms with Gasteiger partial charge in [0.2, 0.25) is 0 Å². The average Bonchev–Trinajstić information content (AvgIpc) is 2.29. The van der Waals surface area contributed by atoms with Crippen LogP contribution in [0.1, 0.15) is 52.4 Å². The number of ether oxygens (including phenoxy) is 1. The summed E-state index contributed by atoms with van der Waals surface area (Å²) in [6.45, 7) is 6.68. The zero-order chi connectivity index (χ0) is 11.8. The van der Waals surface area contributed by atoms with E-state index in [0.717, 1.165) is 18.4 Å². The smallest absolute Gasteiger partial charge is 0.0615 e. The van der Waals surface area contributed by atoms with E-state index in [1.54, 1.807) is 7.11 Å². The molecule has 1 fully saturated rings. The van der Waals surface area contributed by atoms with Crippen LogP contribution in [-0.2, 0) is 4.74 Å². The highest BCUT2D eigenvalue weighted by Crippen LogP contribution is 2.27. The quantitative estimate of drug-likeness (QED) is 0.721. The van der Waals surface area contributed by atoms with Gasteiger partial charge in [-0.2, -0.15) is 0 Å². The molecule has 2 nitrogen and oxygen atoms in total. The van der Waals surface area contributed by atoms with Crippen molar-refractivity contribution in [1.82, 2.24) is 5.32 Å². The highest BCUT2D eigenvalue weighted by molar-refractivity contribution is 4.74. The van der Waals surface area contributed by atoms with E-state index in [-0.39, 0.29) is 0 Å². The van der Waals surface area contributed by atoms with E-state index in [1.165, 1.54) is 45.1 Å². The van der Waals surface area contributed by atoms with Gasteiger partial charge in [0.1, 0.15) is 0 Å². The zero-order valence-electron chi connectivity index (χ0n) is 11.3. The van der Waals surface area contributed by atoms with Gasteiger partial charge in [0.25, 0.3) is 0 Å². The topological polar surface area (TPSA) is 21.3 Å². The van der Waals surface area contributed by atoms with Crippen LogP contribution in [0, 0.1) is 11.8 Å². The normalized spacial score (nSPS) is 27.9. The fourth-order valence-corrected chi connectivity index (χ4v) is 2.66. The summed E-state index contributed by atoms with van der Waals surface area (Å²) < 4.78 is 5.25. The van der Waals surface area contributed by atoms with Crippen molar-refractivity contribution < 1.29 is 4.74 Å². The van der Waals surface area contributed by atoms with Crippen molar-refractivity contribution in [2.45, 2.75) is 58.4 Å². The van der Waals surface area contributed by atoms with Gasteiger partial charge in [0.05, 0.1) is 6.61 Å². The van der Waals surface area contributed by atoms with Gasteiger partial charge < -0.3 is 10.1 Å². The standard InChI is InChI=1S/C14H29NO/c1-4-5-14(11-16-3)15-10-13-8-6-12(2)7-9-13/h12-15H,4-11H2,1-3H3. The van der Waals surface area contributed by atoms with Gasteiger partial charge in [-0.1, -0.05) is 33.1 Å². The second kappa shape index (κ2) is 8.08. The molecule has 1 saturated carbocycles. The molecule has 1 unspecified atom stereocenters. The van der Waals surface area contributed by atoms with Gasteiger partial charge >= 0.3 is 0 Å². The first-order chi connectivity index (χ1) is 7.76. The number of hydrogen-bond acceptors (Lipinski definition) is 2. The van der Waals surface area contributed by atoms with Crippen LogP contribution in [0.25, 0.3) is 0 Å². The predicted molar refractivity (Wildman–Crippen MR) is 69.7 cm³/mol. The Balaban J connectivity index is 2.15. The van der Waals surface area contributed by atoms with Gasteiger partial charge in [-0.05, 0) is 37.6 Å². The third kappa shape index (κ3) is 5.31. The lowest BCUT2D eigenvalue weighted by Gasteiger charge is -2.28. The Morgan fingerprint density at radius 3 is 2.50 bits per heavy atom. The molecular formula is C14H29NO. The number of rotatable bonds is 7. The van der Waals surface area contributed by atoms with Crippen LogP contribution in [0.2, 0.25) is 0 Å². The van der Waals surface area contributed by atoms with Crippen molar-refractivity contribution in [3.8, 4) is 0 Å². The van der Waals surface area contributed by atoms with Crippen molar-refractivity contribution in [3.63, 3.8) is 0 Å². The summed E-state index contributed by atoms with van der Waals surface area (Å²) in [5.41, 5.74) is 0. The average molecular weight is 227 g/mol. The minimum atomic E-state index is 0.564. The Morgan fingerprint density at radius 2 is 1.94 bits per heavy atom. The van der Waals surface area contributed by atoms with E-state index in [0.29, 0.717) is 6.04 Å². The predicted octanol–water partition coefficient (Wildman–Crippen LogP) is 3.22. The van der Waals surface area contributed by atoms with Crippen LogP contribution >= 0.6 is 0 Å². The molecule has 2 heteroatoms. The van der Waals surface area contributed by atoms with E-state index in [1.807, 2.05) is 0 Å². The molecule has 0 amide bonds. The van der Waals surface area contributed by atoms with Gasteiger partial charge in [-0.15, -0.1) is 0 Å². The molecule has 96 valence electrons. The first-order valence-electron chi connectivity index (χ1n) is 6.98. The molecule has 1 aliphatic rings. The molecule has 0 heterocycles. The molecule has 1 N–H and O–H groups in total. The summed E-state index contributed by atoms with van der Waals surface area (Å²) >= 11 is 0. The molecule has 0 aromatic rings. The van der Waals surface area contributed by atoms with Crippen molar-refractivity contribution >= 4 is 0 Å². The van der Waals surface area contributed by atoms with Crippen LogP contribution in [0.3, 0.4) is 0 Å². The van der Waals surface area contributed by atoms with E-state index < -0.39 is 0 Å². The second-order valence-corrected chi connectivity index (χ2v) is 5.48. The summed E-state index contributed by atoms with van der Waals surface area (Å²) in [4.78, 5) is 0. The Kier molecular flexibility index (Phi) is 7.06. The molecule has 1 aliphatic carbocycles. The minimum Gasteiger partial charge on any atom is -0.383 e. The van der Waals surface area contributed by atoms with Crippen molar-refractivity contribution in [1.29, 1.82) is 0 Å². The number of hydrogen-bond donors (Lipinski definition) is 1. The lowest BCUT2D eigenvalue weighted by Crippen LogP contribution is -2.37. The molecule has 16 heavy (non-hydrogen) atoms. The van der Waals surface area contributed by atoms with E-state index >= 15 is 0 Å². The second-order valence-electron chi connectivity index (χ2n) is 5.48. The maximum absolute atomic E-state index is 5.25. The number of methoxy groups -OCH3 is 1. The molecule has 0 aromatic heterocycles. The fourth-order valence-electron chi connectivity index (χ4n) is 2.66. The highest BCUT2D eigenvalue weighted by Gasteiger charge is 2.18. The Labute approximate surface area is 101 Å². The van der Waals surface area contributed by atoms with Crippen molar-refractivity contribution in [2.24, 2.45) is 11.8 Å². The van der Waals surface area contributed by atoms with Crippen molar-refractivity contribution in [2.75, 3.05) is 20.3 Å². The Hall–Kier alpha value is -0.0800. The summed E-state index contributed by atoms with van der Waals surface area (Å²) in [5, 5.41) is 3.68. The summed E-state index contributed by atoms with van der Waals surface area (Å²) in [6, 6.07) is 0.564. The minimum absolute atomic E-state index is 0.564. The largest absolute Gasteiger partial charge is 0.383 e. The van der Waals surface area contributed by atoms with Gasteiger partial charge in [0.15, 0.2) is 0 Å². The van der Waals surface area contributed by atoms with E-state index in [4.69, 9.17) is 4.74 Å². The summed E-state index contributed by atoms with van der Waals surface area (Å²) in [7, 11) is 1.80. The molecule has 0 bridgehead atoms.